The van der Waals surface area contributed by atoms with E-state index in [1.165, 1.54) is 6.07 Å². The SMILES string of the molecule is NC(=O)C1CCN(Cc2ccc([N+](=O)[O-])c(N)c2)C1. The molecule has 1 aromatic rings. The molecule has 102 valence electrons. The molecule has 7 heteroatoms. The third-order valence-electron chi connectivity index (χ3n) is 3.37. The van der Waals surface area contributed by atoms with Crippen LogP contribution in [0.5, 0.6) is 0 Å². The van der Waals surface area contributed by atoms with Gasteiger partial charge in [0.15, 0.2) is 0 Å². The van der Waals surface area contributed by atoms with Crippen LogP contribution in [0.25, 0.3) is 0 Å². The first-order valence-electron chi connectivity index (χ1n) is 6.02. The lowest BCUT2D eigenvalue weighted by Gasteiger charge is -2.15. The standard InChI is InChI=1S/C12H16N4O3/c13-10-5-8(1-2-11(10)16(18)19)6-15-4-3-9(7-15)12(14)17/h1-2,5,9H,3-4,6-7,13H2,(H2,14,17). The van der Waals surface area contributed by atoms with E-state index in [-0.39, 0.29) is 23.2 Å². The summed E-state index contributed by atoms with van der Waals surface area (Å²) < 4.78 is 0. The van der Waals surface area contributed by atoms with Crippen molar-refractivity contribution >= 4 is 17.3 Å². The number of nitro groups is 1. The van der Waals surface area contributed by atoms with Crippen molar-refractivity contribution in [3.8, 4) is 0 Å². The van der Waals surface area contributed by atoms with Gasteiger partial charge in [0.05, 0.1) is 10.8 Å². The van der Waals surface area contributed by atoms with Crippen molar-refractivity contribution in [1.82, 2.24) is 4.90 Å². The molecule has 0 spiro atoms. The van der Waals surface area contributed by atoms with Gasteiger partial charge < -0.3 is 11.5 Å². The summed E-state index contributed by atoms with van der Waals surface area (Å²) in [5.74, 6) is -0.374. The van der Waals surface area contributed by atoms with Gasteiger partial charge in [-0.25, -0.2) is 0 Å². The van der Waals surface area contributed by atoms with Gasteiger partial charge in [-0.1, -0.05) is 6.07 Å². The summed E-state index contributed by atoms with van der Waals surface area (Å²) in [5.41, 5.74) is 11.9. The molecule has 2 rings (SSSR count). The second kappa shape index (κ2) is 5.23. The molecule has 0 radical (unpaired) electrons. The predicted octanol–water partition coefficient (Wildman–Crippen LogP) is 0.484. The van der Waals surface area contributed by atoms with Crippen molar-refractivity contribution in [2.75, 3.05) is 18.8 Å². The Balaban J connectivity index is 2.03. The van der Waals surface area contributed by atoms with Crippen molar-refractivity contribution in [2.24, 2.45) is 11.7 Å². The maximum absolute atomic E-state index is 11.1. The van der Waals surface area contributed by atoms with Crippen LogP contribution in [0.4, 0.5) is 11.4 Å². The van der Waals surface area contributed by atoms with Gasteiger partial charge in [0.1, 0.15) is 5.69 Å². The number of anilines is 1. The Morgan fingerprint density at radius 3 is 2.79 bits per heavy atom. The number of hydrogen-bond donors (Lipinski definition) is 2. The van der Waals surface area contributed by atoms with Gasteiger partial charge in [0.25, 0.3) is 5.69 Å². The summed E-state index contributed by atoms with van der Waals surface area (Å²) >= 11 is 0. The topological polar surface area (TPSA) is 115 Å². The van der Waals surface area contributed by atoms with Gasteiger partial charge in [0, 0.05) is 19.2 Å². The lowest BCUT2D eigenvalue weighted by atomic mass is 10.1. The molecule has 1 fully saturated rings. The zero-order valence-corrected chi connectivity index (χ0v) is 10.4. The van der Waals surface area contributed by atoms with Crippen molar-refractivity contribution in [3.63, 3.8) is 0 Å². The molecule has 0 bridgehead atoms. The van der Waals surface area contributed by atoms with Gasteiger partial charge in [-0.15, -0.1) is 0 Å². The quantitative estimate of drug-likeness (QED) is 0.466. The van der Waals surface area contributed by atoms with E-state index < -0.39 is 4.92 Å². The molecule has 7 nitrogen and oxygen atoms in total. The Hall–Kier alpha value is -2.15. The summed E-state index contributed by atoms with van der Waals surface area (Å²) in [6, 6.07) is 4.70. The molecule has 0 saturated carbocycles. The highest BCUT2D eigenvalue weighted by molar-refractivity contribution is 5.77. The number of nitrogens with two attached hydrogens (primary N) is 2. The number of amides is 1. The lowest BCUT2D eigenvalue weighted by Crippen LogP contribution is -2.27. The van der Waals surface area contributed by atoms with E-state index in [1.807, 2.05) is 0 Å². The highest BCUT2D eigenvalue weighted by Gasteiger charge is 2.26. The molecule has 1 aromatic carbocycles. The van der Waals surface area contributed by atoms with Crippen LogP contribution in [0, 0.1) is 16.0 Å². The van der Waals surface area contributed by atoms with Gasteiger partial charge in [-0.3, -0.25) is 19.8 Å². The van der Waals surface area contributed by atoms with Crippen LogP contribution in [0.1, 0.15) is 12.0 Å². The zero-order valence-electron chi connectivity index (χ0n) is 10.4. The molecule has 19 heavy (non-hydrogen) atoms. The minimum Gasteiger partial charge on any atom is -0.393 e. The minimum absolute atomic E-state index is 0.0832. The molecule has 1 unspecified atom stereocenters. The first-order chi connectivity index (χ1) is 8.97. The Bertz CT molecular complexity index is 518. The number of carbonyl (C=O) groups is 1. The summed E-state index contributed by atoms with van der Waals surface area (Å²) in [6.45, 7) is 2.04. The second-order valence-electron chi connectivity index (χ2n) is 4.77. The normalized spacial score (nSPS) is 19.5. The summed E-state index contributed by atoms with van der Waals surface area (Å²) in [7, 11) is 0. The number of hydrogen-bond acceptors (Lipinski definition) is 5. The van der Waals surface area contributed by atoms with Crippen LogP contribution >= 0.6 is 0 Å². The molecule has 4 N–H and O–H groups in total. The molecule has 1 atom stereocenters. The zero-order chi connectivity index (χ0) is 14.0. The van der Waals surface area contributed by atoms with Crippen LogP contribution in [0.2, 0.25) is 0 Å². The molecule has 1 heterocycles. The number of nitrogen functional groups attached to an aromatic ring is 1. The third-order valence-corrected chi connectivity index (χ3v) is 3.37. The van der Waals surface area contributed by atoms with Gasteiger partial charge in [-0.05, 0) is 24.6 Å². The largest absolute Gasteiger partial charge is 0.393 e. The molecule has 1 aliphatic heterocycles. The van der Waals surface area contributed by atoms with Crippen molar-refractivity contribution in [1.29, 1.82) is 0 Å². The van der Waals surface area contributed by atoms with Gasteiger partial charge >= 0.3 is 0 Å². The number of benzene rings is 1. The molecule has 1 aliphatic rings. The lowest BCUT2D eigenvalue weighted by molar-refractivity contribution is -0.383. The van der Waals surface area contributed by atoms with E-state index in [2.05, 4.69) is 4.90 Å². The predicted molar refractivity (Wildman–Crippen MR) is 70.1 cm³/mol. The molecule has 0 aliphatic carbocycles. The fourth-order valence-corrected chi connectivity index (χ4v) is 2.34. The molecule has 0 aromatic heterocycles. The van der Waals surface area contributed by atoms with Gasteiger partial charge in [0.2, 0.25) is 5.91 Å². The van der Waals surface area contributed by atoms with Crippen molar-refractivity contribution < 1.29 is 9.72 Å². The first-order valence-corrected chi connectivity index (χ1v) is 6.02. The number of primary amides is 1. The number of rotatable bonds is 4. The summed E-state index contributed by atoms with van der Waals surface area (Å²) in [4.78, 5) is 23.3. The van der Waals surface area contributed by atoms with Crippen LogP contribution in [-0.4, -0.2) is 28.8 Å². The summed E-state index contributed by atoms with van der Waals surface area (Å²) in [5, 5.41) is 10.7. The van der Waals surface area contributed by atoms with Crippen LogP contribution in [-0.2, 0) is 11.3 Å². The Morgan fingerprint density at radius 1 is 1.53 bits per heavy atom. The average molecular weight is 264 g/mol. The fraction of sp³-hybridized carbons (Fsp3) is 0.417. The van der Waals surface area contributed by atoms with Crippen molar-refractivity contribution in [2.45, 2.75) is 13.0 Å². The van der Waals surface area contributed by atoms with E-state index in [0.717, 1.165) is 18.5 Å². The fourth-order valence-electron chi connectivity index (χ4n) is 2.34. The number of nitro benzene ring substituents is 1. The summed E-state index contributed by atoms with van der Waals surface area (Å²) in [6.07, 6.45) is 0.762. The number of nitrogens with zero attached hydrogens (tertiary/aromatic N) is 2. The first kappa shape index (κ1) is 13.3. The maximum Gasteiger partial charge on any atom is 0.292 e. The Morgan fingerprint density at radius 2 is 2.26 bits per heavy atom. The highest BCUT2D eigenvalue weighted by atomic mass is 16.6. The minimum atomic E-state index is -0.502. The second-order valence-corrected chi connectivity index (χ2v) is 4.77. The van der Waals surface area contributed by atoms with Crippen molar-refractivity contribution in [3.05, 3.63) is 33.9 Å². The third kappa shape index (κ3) is 3.00. The van der Waals surface area contributed by atoms with Gasteiger partial charge in [-0.2, -0.15) is 0 Å². The molecular formula is C12H16N4O3. The molecular weight excluding hydrogens is 248 g/mol. The van der Waals surface area contributed by atoms with Crippen LogP contribution in [0.15, 0.2) is 18.2 Å². The monoisotopic (exact) mass is 264 g/mol. The molecule has 1 amide bonds. The highest BCUT2D eigenvalue weighted by Crippen LogP contribution is 2.24. The smallest absolute Gasteiger partial charge is 0.292 e. The van der Waals surface area contributed by atoms with Crippen LogP contribution < -0.4 is 11.5 Å². The van der Waals surface area contributed by atoms with E-state index in [1.54, 1.807) is 12.1 Å². The average Bonchev–Trinajstić information content (AvgIpc) is 2.77. The van der Waals surface area contributed by atoms with Crippen LogP contribution in [0.3, 0.4) is 0 Å². The van der Waals surface area contributed by atoms with E-state index in [9.17, 15) is 14.9 Å². The maximum atomic E-state index is 11.1. The number of likely N-dealkylation sites (tertiary alicyclic amines) is 1. The molecule has 1 saturated heterocycles. The van der Waals surface area contributed by atoms with E-state index in [4.69, 9.17) is 11.5 Å². The number of carbonyl (C=O) groups excluding carboxylic acids is 1. The Kier molecular flexibility index (Phi) is 3.66. The Labute approximate surface area is 110 Å². The van der Waals surface area contributed by atoms with E-state index >= 15 is 0 Å². The van der Waals surface area contributed by atoms with E-state index in [0.29, 0.717) is 13.1 Å².